The summed E-state index contributed by atoms with van der Waals surface area (Å²) in [7, 11) is 0. The lowest BCUT2D eigenvalue weighted by Gasteiger charge is -2.26. The molecule has 2 heterocycles. The molecule has 1 unspecified atom stereocenters. The van der Waals surface area contributed by atoms with Gasteiger partial charge in [-0.05, 0) is 40.5 Å². The first-order valence-electron chi connectivity index (χ1n) is 7.49. The van der Waals surface area contributed by atoms with E-state index in [1.165, 1.54) is 0 Å². The van der Waals surface area contributed by atoms with Gasteiger partial charge >= 0.3 is 6.09 Å². The van der Waals surface area contributed by atoms with Crippen LogP contribution >= 0.6 is 11.6 Å². The highest BCUT2D eigenvalue weighted by Crippen LogP contribution is 2.24. The van der Waals surface area contributed by atoms with Crippen LogP contribution in [-0.4, -0.2) is 40.8 Å². The molecule has 0 aromatic carbocycles. The Morgan fingerprint density at radius 2 is 2.27 bits per heavy atom. The number of carbonyl (C=O) groups is 1. The van der Waals surface area contributed by atoms with E-state index in [1.54, 1.807) is 6.20 Å². The SMILES string of the molecule is Cc1cnc(N2CCCC2CNC(=O)OC(C)(C)C)nc1Cl. The molecule has 0 saturated carbocycles. The Morgan fingerprint density at radius 1 is 1.55 bits per heavy atom. The fourth-order valence-electron chi connectivity index (χ4n) is 2.38. The molecule has 0 bridgehead atoms. The van der Waals surface area contributed by atoms with E-state index in [4.69, 9.17) is 16.3 Å². The molecule has 1 saturated heterocycles. The van der Waals surface area contributed by atoms with Gasteiger partial charge in [0, 0.05) is 30.9 Å². The minimum atomic E-state index is -0.493. The maximum atomic E-state index is 11.8. The summed E-state index contributed by atoms with van der Waals surface area (Å²) in [5.41, 5.74) is 0.362. The summed E-state index contributed by atoms with van der Waals surface area (Å²) in [6, 6.07) is 0.159. The van der Waals surface area contributed by atoms with Gasteiger partial charge in [-0.3, -0.25) is 0 Å². The highest BCUT2D eigenvalue weighted by atomic mass is 35.5. The second-order valence-electron chi connectivity index (χ2n) is 6.52. The van der Waals surface area contributed by atoms with Crippen LogP contribution in [0, 0.1) is 6.92 Å². The van der Waals surface area contributed by atoms with Gasteiger partial charge in [-0.25, -0.2) is 14.8 Å². The highest BCUT2D eigenvalue weighted by molar-refractivity contribution is 6.30. The van der Waals surface area contributed by atoms with Gasteiger partial charge in [0.2, 0.25) is 5.95 Å². The molecule has 7 heteroatoms. The smallest absolute Gasteiger partial charge is 0.407 e. The summed E-state index contributed by atoms with van der Waals surface area (Å²) < 4.78 is 5.25. The topological polar surface area (TPSA) is 67.4 Å². The van der Waals surface area contributed by atoms with Crippen LogP contribution in [0.4, 0.5) is 10.7 Å². The zero-order valence-electron chi connectivity index (χ0n) is 13.5. The molecule has 2 rings (SSSR count). The standard InChI is InChI=1S/C15H23ClN4O2/c1-10-8-17-13(19-12(10)16)20-7-5-6-11(20)9-18-14(21)22-15(2,3)4/h8,11H,5-7,9H2,1-4H3,(H,18,21). The normalized spacial score (nSPS) is 18.4. The molecular formula is C15H23ClN4O2. The van der Waals surface area contributed by atoms with Gasteiger partial charge in [0.1, 0.15) is 10.8 Å². The summed E-state index contributed by atoms with van der Waals surface area (Å²) in [5.74, 6) is 0.615. The lowest BCUT2D eigenvalue weighted by molar-refractivity contribution is 0.0525. The molecule has 22 heavy (non-hydrogen) atoms. The first kappa shape index (κ1) is 16.8. The monoisotopic (exact) mass is 326 g/mol. The first-order chi connectivity index (χ1) is 10.3. The molecule has 1 N–H and O–H groups in total. The van der Waals surface area contributed by atoms with Crippen LogP contribution in [0.25, 0.3) is 0 Å². The maximum Gasteiger partial charge on any atom is 0.407 e. The van der Waals surface area contributed by atoms with Crippen molar-refractivity contribution in [2.75, 3.05) is 18.0 Å². The van der Waals surface area contributed by atoms with Gasteiger partial charge in [0.15, 0.2) is 0 Å². The summed E-state index contributed by atoms with van der Waals surface area (Å²) in [6.07, 6.45) is 3.34. The largest absolute Gasteiger partial charge is 0.444 e. The minimum absolute atomic E-state index is 0.159. The van der Waals surface area contributed by atoms with Crippen LogP contribution in [0.15, 0.2) is 6.20 Å². The molecular weight excluding hydrogens is 304 g/mol. The van der Waals surface area contributed by atoms with Crippen molar-refractivity contribution in [1.82, 2.24) is 15.3 Å². The molecule has 0 aliphatic carbocycles. The lowest BCUT2D eigenvalue weighted by atomic mass is 10.2. The van der Waals surface area contributed by atoms with Gasteiger partial charge in [-0.2, -0.15) is 0 Å². The van der Waals surface area contributed by atoms with E-state index < -0.39 is 11.7 Å². The van der Waals surface area contributed by atoms with Crippen LogP contribution < -0.4 is 10.2 Å². The van der Waals surface area contributed by atoms with Gasteiger partial charge in [-0.15, -0.1) is 0 Å². The Balaban J connectivity index is 1.96. The average molecular weight is 327 g/mol. The Bertz CT molecular complexity index is 545. The number of hydrogen-bond donors (Lipinski definition) is 1. The average Bonchev–Trinajstić information content (AvgIpc) is 2.86. The maximum absolute atomic E-state index is 11.8. The van der Waals surface area contributed by atoms with Crippen molar-refractivity contribution in [3.8, 4) is 0 Å². The third-order valence-electron chi connectivity index (χ3n) is 3.41. The van der Waals surface area contributed by atoms with Crippen LogP contribution in [0.2, 0.25) is 5.15 Å². The van der Waals surface area contributed by atoms with Crippen LogP contribution in [0.1, 0.15) is 39.2 Å². The van der Waals surface area contributed by atoms with Crippen molar-refractivity contribution in [2.24, 2.45) is 0 Å². The van der Waals surface area contributed by atoms with Crippen LogP contribution in [-0.2, 0) is 4.74 Å². The number of alkyl carbamates (subject to hydrolysis) is 1. The van der Waals surface area contributed by atoms with Gasteiger partial charge in [-0.1, -0.05) is 11.6 Å². The second-order valence-corrected chi connectivity index (χ2v) is 6.87. The van der Waals surface area contributed by atoms with E-state index in [0.29, 0.717) is 17.6 Å². The summed E-state index contributed by atoms with van der Waals surface area (Å²) in [5, 5.41) is 3.28. The van der Waals surface area contributed by atoms with E-state index in [1.807, 2.05) is 27.7 Å². The number of nitrogens with zero attached hydrogens (tertiary/aromatic N) is 3. The molecule has 1 aromatic rings. The van der Waals surface area contributed by atoms with Crippen LogP contribution in [0.5, 0.6) is 0 Å². The first-order valence-corrected chi connectivity index (χ1v) is 7.87. The van der Waals surface area contributed by atoms with Gasteiger partial charge in [0.25, 0.3) is 0 Å². The fraction of sp³-hybridized carbons (Fsp3) is 0.667. The number of hydrogen-bond acceptors (Lipinski definition) is 5. The van der Waals surface area contributed by atoms with Gasteiger partial charge < -0.3 is 15.0 Å². The summed E-state index contributed by atoms with van der Waals surface area (Å²) in [6.45, 7) is 8.77. The zero-order valence-corrected chi connectivity index (χ0v) is 14.3. The third kappa shape index (κ3) is 4.47. The summed E-state index contributed by atoms with van der Waals surface area (Å²) >= 11 is 6.07. The number of rotatable bonds is 3. The van der Waals surface area contributed by atoms with E-state index in [9.17, 15) is 4.79 Å². The van der Waals surface area contributed by atoms with Crippen molar-refractivity contribution in [3.63, 3.8) is 0 Å². The summed E-state index contributed by atoms with van der Waals surface area (Å²) in [4.78, 5) is 22.5. The van der Waals surface area contributed by atoms with Crippen molar-refractivity contribution >= 4 is 23.6 Å². The number of aromatic nitrogens is 2. The Kier molecular flexibility index (Phi) is 5.11. The van der Waals surface area contributed by atoms with E-state index >= 15 is 0 Å². The van der Waals surface area contributed by atoms with Crippen LogP contribution in [0.3, 0.4) is 0 Å². The molecule has 1 atom stereocenters. The molecule has 6 nitrogen and oxygen atoms in total. The Labute approximate surface area is 136 Å². The number of aryl methyl sites for hydroxylation is 1. The molecule has 1 aromatic heterocycles. The minimum Gasteiger partial charge on any atom is -0.444 e. The van der Waals surface area contributed by atoms with E-state index in [0.717, 1.165) is 24.9 Å². The number of carbonyl (C=O) groups excluding carboxylic acids is 1. The molecule has 1 aliphatic heterocycles. The molecule has 122 valence electrons. The van der Waals surface area contributed by atoms with Crippen molar-refractivity contribution in [2.45, 2.75) is 52.2 Å². The molecule has 0 spiro atoms. The highest BCUT2D eigenvalue weighted by Gasteiger charge is 2.28. The second kappa shape index (κ2) is 6.69. The number of ether oxygens (including phenoxy) is 1. The number of anilines is 1. The zero-order chi connectivity index (χ0) is 16.3. The van der Waals surface area contributed by atoms with Crippen molar-refractivity contribution in [1.29, 1.82) is 0 Å². The molecule has 0 radical (unpaired) electrons. The van der Waals surface area contributed by atoms with Gasteiger partial charge in [0.05, 0.1) is 0 Å². The number of amides is 1. The quantitative estimate of drug-likeness (QED) is 0.865. The predicted molar refractivity (Wildman–Crippen MR) is 86.4 cm³/mol. The lowest BCUT2D eigenvalue weighted by Crippen LogP contribution is -2.42. The number of nitrogens with one attached hydrogen (secondary N) is 1. The fourth-order valence-corrected chi connectivity index (χ4v) is 2.50. The molecule has 1 aliphatic rings. The Hall–Kier alpha value is -1.56. The van der Waals surface area contributed by atoms with Crippen molar-refractivity contribution in [3.05, 3.63) is 16.9 Å². The predicted octanol–water partition coefficient (Wildman–Crippen LogP) is 2.93. The van der Waals surface area contributed by atoms with Crippen molar-refractivity contribution < 1.29 is 9.53 Å². The molecule has 1 amide bonds. The van der Waals surface area contributed by atoms with E-state index in [2.05, 4.69) is 20.2 Å². The Morgan fingerprint density at radius 3 is 2.91 bits per heavy atom. The third-order valence-corrected chi connectivity index (χ3v) is 3.79. The van der Waals surface area contributed by atoms with E-state index in [-0.39, 0.29) is 6.04 Å². The number of halogens is 1. The molecule has 1 fully saturated rings.